The number of H-pyrrole nitrogens is 1. The first-order chi connectivity index (χ1) is 13.0. The van der Waals surface area contributed by atoms with Crippen molar-refractivity contribution in [2.75, 3.05) is 0 Å². The Hall–Kier alpha value is -2.34. The van der Waals surface area contributed by atoms with Gasteiger partial charge in [0, 0.05) is 33.2 Å². The molecule has 7 heteroatoms. The zero-order valence-corrected chi connectivity index (χ0v) is 16.1. The van der Waals surface area contributed by atoms with Gasteiger partial charge in [-0.25, -0.2) is 5.43 Å². The highest BCUT2D eigenvalue weighted by atomic mass is 35.5. The second-order valence-corrected chi connectivity index (χ2v) is 7.45. The van der Waals surface area contributed by atoms with Crippen LogP contribution in [-0.2, 0) is 11.2 Å². The number of nitrogens with zero attached hydrogens (tertiary/aromatic N) is 1. The monoisotopic (exact) mass is 400 g/mol. The Kier molecular flexibility index (Phi) is 4.91. The maximum absolute atomic E-state index is 12.6. The third kappa shape index (κ3) is 3.58. The van der Waals surface area contributed by atoms with E-state index in [4.69, 9.17) is 23.2 Å². The Bertz CT molecular complexity index is 1040. The molecule has 4 rings (SSSR count). The molecule has 2 heterocycles. The lowest BCUT2D eigenvalue weighted by Gasteiger charge is -2.27. The molecule has 0 bridgehead atoms. The Labute approximate surface area is 166 Å². The summed E-state index contributed by atoms with van der Waals surface area (Å²) in [5.74, 6) is -0.181. The maximum Gasteiger partial charge on any atom is 0.257 e. The second-order valence-electron chi connectivity index (χ2n) is 6.61. The number of aromatic nitrogens is 1. The lowest BCUT2D eigenvalue weighted by atomic mass is 9.94. The summed E-state index contributed by atoms with van der Waals surface area (Å²) in [6.07, 6.45) is 2.12. The number of para-hydroxylation sites is 1. The summed E-state index contributed by atoms with van der Waals surface area (Å²) < 4.78 is 0. The van der Waals surface area contributed by atoms with Crippen LogP contribution in [0, 0.1) is 0 Å². The number of rotatable bonds is 3. The van der Waals surface area contributed by atoms with Crippen molar-refractivity contribution < 1.29 is 4.79 Å². The van der Waals surface area contributed by atoms with Gasteiger partial charge in [0.2, 0.25) is 0 Å². The fourth-order valence-electron chi connectivity index (χ4n) is 3.48. The van der Waals surface area contributed by atoms with Gasteiger partial charge in [-0.05, 0) is 37.1 Å². The largest absolute Gasteiger partial charge is 0.357 e. The van der Waals surface area contributed by atoms with Crippen LogP contribution in [0.2, 0.25) is 10.0 Å². The molecule has 1 amide bonds. The highest BCUT2D eigenvalue weighted by molar-refractivity contribution is 6.36. The van der Waals surface area contributed by atoms with Crippen molar-refractivity contribution in [1.82, 2.24) is 15.7 Å². The molecule has 3 aromatic rings. The van der Waals surface area contributed by atoms with Crippen molar-refractivity contribution >= 4 is 46.2 Å². The van der Waals surface area contributed by atoms with Gasteiger partial charge in [0.25, 0.3) is 5.91 Å². The van der Waals surface area contributed by atoms with Crippen LogP contribution in [0.5, 0.6) is 0 Å². The molecule has 3 N–H and O–H groups in total. The molecule has 1 aromatic heterocycles. The molecule has 1 aliphatic heterocycles. The lowest BCUT2D eigenvalue weighted by molar-refractivity contribution is -0.123. The van der Waals surface area contributed by atoms with E-state index in [2.05, 4.69) is 33.0 Å². The molecule has 2 atom stereocenters. The van der Waals surface area contributed by atoms with E-state index < -0.39 is 0 Å². The zero-order valence-electron chi connectivity index (χ0n) is 14.6. The van der Waals surface area contributed by atoms with Crippen molar-refractivity contribution in [1.29, 1.82) is 0 Å². The van der Waals surface area contributed by atoms with Crippen LogP contribution in [0.25, 0.3) is 10.9 Å². The average molecular weight is 401 g/mol. The molecule has 1 aliphatic rings. The fraction of sp³-hybridized carbons (Fsp3) is 0.200. The van der Waals surface area contributed by atoms with Gasteiger partial charge in [-0.2, -0.15) is 5.10 Å². The predicted octanol–water partition coefficient (Wildman–Crippen LogP) is 4.20. The van der Waals surface area contributed by atoms with E-state index in [0.717, 1.165) is 16.6 Å². The van der Waals surface area contributed by atoms with Gasteiger partial charge in [-0.15, -0.1) is 0 Å². The van der Waals surface area contributed by atoms with Gasteiger partial charge in [-0.3, -0.25) is 10.1 Å². The number of nitrogens with one attached hydrogen (secondary N) is 3. The molecular formula is C20H18Cl2N4O. The van der Waals surface area contributed by atoms with Crippen molar-refractivity contribution in [2.45, 2.75) is 25.4 Å². The number of aromatic amines is 1. The summed E-state index contributed by atoms with van der Waals surface area (Å²) >= 11 is 12.0. The number of benzene rings is 2. The summed E-state index contributed by atoms with van der Waals surface area (Å²) in [5.41, 5.74) is 6.69. The first-order valence-electron chi connectivity index (χ1n) is 8.66. The number of halogens is 2. The van der Waals surface area contributed by atoms with Crippen LogP contribution in [0.1, 0.15) is 29.8 Å². The number of hydrogen-bond donors (Lipinski definition) is 3. The summed E-state index contributed by atoms with van der Waals surface area (Å²) in [7, 11) is 0. The molecule has 138 valence electrons. The number of hydrazone groups is 1. The fourth-order valence-corrected chi connectivity index (χ4v) is 3.93. The zero-order chi connectivity index (χ0) is 19.0. The van der Waals surface area contributed by atoms with Crippen LogP contribution in [0.3, 0.4) is 0 Å². The van der Waals surface area contributed by atoms with Gasteiger partial charge in [0.05, 0.1) is 17.3 Å². The van der Waals surface area contributed by atoms with E-state index >= 15 is 0 Å². The van der Waals surface area contributed by atoms with Crippen LogP contribution in [0.4, 0.5) is 0 Å². The van der Waals surface area contributed by atoms with Gasteiger partial charge in [0.15, 0.2) is 0 Å². The van der Waals surface area contributed by atoms with Crippen LogP contribution >= 0.6 is 23.2 Å². The number of fused-ring (bicyclic) bond motifs is 3. The molecule has 5 nitrogen and oxygen atoms in total. The van der Waals surface area contributed by atoms with E-state index in [0.29, 0.717) is 22.0 Å². The van der Waals surface area contributed by atoms with Crippen molar-refractivity contribution in [3.05, 3.63) is 69.3 Å². The first kappa shape index (κ1) is 18.0. The van der Waals surface area contributed by atoms with E-state index in [9.17, 15) is 4.79 Å². The highest BCUT2D eigenvalue weighted by Crippen LogP contribution is 2.31. The summed E-state index contributed by atoms with van der Waals surface area (Å²) in [6, 6.07) is 12.9. The summed E-state index contributed by atoms with van der Waals surface area (Å²) in [4.78, 5) is 16.0. The predicted molar refractivity (Wildman–Crippen MR) is 110 cm³/mol. The number of carbonyl (C=O) groups excluding carboxylic acids is 1. The molecule has 2 unspecified atom stereocenters. The molecule has 0 fully saturated rings. The minimum Gasteiger partial charge on any atom is -0.357 e. The molecular weight excluding hydrogens is 383 g/mol. The van der Waals surface area contributed by atoms with Gasteiger partial charge in [-0.1, -0.05) is 47.5 Å². The van der Waals surface area contributed by atoms with E-state index in [1.165, 1.54) is 11.8 Å². The summed E-state index contributed by atoms with van der Waals surface area (Å²) in [5, 5.41) is 9.57. The SMILES string of the molecule is CC1NC(C(=O)N/N=C/c2ccc(Cl)cc2Cl)Cc2c1[nH]c1ccccc21. The van der Waals surface area contributed by atoms with Crippen molar-refractivity contribution in [3.8, 4) is 0 Å². The Balaban J connectivity index is 1.49. The smallest absolute Gasteiger partial charge is 0.257 e. The minimum absolute atomic E-state index is 0.0478. The average Bonchev–Trinajstić information content (AvgIpc) is 3.03. The van der Waals surface area contributed by atoms with Gasteiger partial charge < -0.3 is 4.98 Å². The Morgan fingerprint density at radius 3 is 2.89 bits per heavy atom. The van der Waals surface area contributed by atoms with Crippen LogP contribution in [0.15, 0.2) is 47.6 Å². The Morgan fingerprint density at radius 2 is 2.07 bits per heavy atom. The normalized spacial score (nSPS) is 19.4. The van der Waals surface area contributed by atoms with E-state index in [1.807, 2.05) is 19.1 Å². The number of carbonyl (C=O) groups is 1. The minimum atomic E-state index is -0.357. The third-order valence-corrected chi connectivity index (χ3v) is 5.36. The molecule has 0 aliphatic carbocycles. The molecule has 0 spiro atoms. The molecule has 0 saturated heterocycles. The topological polar surface area (TPSA) is 69.3 Å². The lowest BCUT2D eigenvalue weighted by Crippen LogP contribution is -2.47. The quantitative estimate of drug-likeness (QED) is 0.455. The standard InChI is InChI=1S/C20H18Cl2N4O/c1-11-19-15(14-4-2-3-5-17(14)25-19)9-18(24-11)20(27)26-23-10-12-6-7-13(21)8-16(12)22/h2-8,10-11,18,24-25H,9H2,1H3,(H,26,27)/b23-10+. The van der Waals surface area contributed by atoms with E-state index in [1.54, 1.807) is 18.2 Å². The molecule has 0 radical (unpaired) electrons. The van der Waals surface area contributed by atoms with Crippen LogP contribution < -0.4 is 10.7 Å². The van der Waals surface area contributed by atoms with Gasteiger partial charge >= 0.3 is 0 Å². The third-order valence-electron chi connectivity index (χ3n) is 4.80. The molecule has 2 aromatic carbocycles. The molecule has 27 heavy (non-hydrogen) atoms. The van der Waals surface area contributed by atoms with Gasteiger partial charge in [0.1, 0.15) is 0 Å². The number of amides is 1. The van der Waals surface area contributed by atoms with E-state index in [-0.39, 0.29) is 18.0 Å². The maximum atomic E-state index is 12.6. The van der Waals surface area contributed by atoms with Crippen LogP contribution in [-0.4, -0.2) is 23.1 Å². The first-order valence-corrected chi connectivity index (χ1v) is 9.42. The number of hydrogen-bond acceptors (Lipinski definition) is 3. The second kappa shape index (κ2) is 7.35. The molecule has 0 saturated carbocycles. The Morgan fingerprint density at radius 1 is 1.26 bits per heavy atom. The summed E-state index contributed by atoms with van der Waals surface area (Å²) in [6.45, 7) is 2.05. The van der Waals surface area contributed by atoms with Crippen molar-refractivity contribution in [2.24, 2.45) is 5.10 Å². The highest BCUT2D eigenvalue weighted by Gasteiger charge is 2.30. The van der Waals surface area contributed by atoms with Crippen molar-refractivity contribution in [3.63, 3.8) is 0 Å².